The first kappa shape index (κ1) is 10.4. The van der Waals surface area contributed by atoms with Crippen LogP contribution in [-0.4, -0.2) is 6.61 Å². The molecule has 0 unspecified atom stereocenters. The van der Waals surface area contributed by atoms with Crippen molar-refractivity contribution in [2.75, 3.05) is 6.61 Å². The second-order valence-corrected chi connectivity index (χ2v) is 5.42. The lowest BCUT2D eigenvalue weighted by Crippen LogP contribution is -2.06. The lowest BCUT2D eigenvalue weighted by Gasteiger charge is -2.19. The van der Waals surface area contributed by atoms with Crippen molar-refractivity contribution in [3.63, 3.8) is 0 Å². The average molecular weight is 340 g/mol. The van der Waals surface area contributed by atoms with E-state index < -0.39 is 0 Å². The summed E-state index contributed by atoms with van der Waals surface area (Å²) in [4.78, 5) is 0. The van der Waals surface area contributed by atoms with Crippen LogP contribution in [0.4, 0.5) is 0 Å². The van der Waals surface area contributed by atoms with Gasteiger partial charge in [-0.15, -0.1) is 0 Å². The summed E-state index contributed by atoms with van der Waals surface area (Å²) in [6.45, 7) is 0.589. The molecule has 0 fully saturated rings. The summed E-state index contributed by atoms with van der Waals surface area (Å²) in [5.74, 6) is 0.939. The number of halogens is 2. The van der Waals surface area contributed by atoms with E-state index in [1.54, 1.807) is 0 Å². The summed E-state index contributed by atoms with van der Waals surface area (Å²) in [6.07, 6.45) is 0. The number of hydrogen-bond donors (Lipinski definition) is 0. The molecule has 0 spiro atoms. The van der Waals surface area contributed by atoms with Crippen LogP contribution in [0.3, 0.4) is 0 Å². The zero-order chi connectivity index (χ0) is 11.1. The number of benzene rings is 2. The van der Waals surface area contributed by atoms with E-state index in [0.717, 1.165) is 20.3 Å². The van der Waals surface area contributed by atoms with Crippen molar-refractivity contribution in [3.05, 3.63) is 46.4 Å². The van der Waals surface area contributed by atoms with Crippen LogP contribution in [0.2, 0.25) is 0 Å². The van der Waals surface area contributed by atoms with Crippen molar-refractivity contribution >= 4 is 47.1 Å². The van der Waals surface area contributed by atoms with Crippen LogP contribution in [0.25, 0.3) is 15.3 Å². The molecule has 0 saturated carbocycles. The molecular formula is C13H8Br2O. The van der Waals surface area contributed by atoms with Gasteiger partial charge in [-0.05, 0) is 32.8 Å². The Labute approximate surface area is 110 Å². The monoisotopic (exact) mass is 338 g/mol. The molecule has 1 aliphatic rings. The van der Waals surface area contributed by atoms with E-state index in [0.29, 0.717) is 6.61 Å². The van der Waals surface area contributed by atoms with E-state index in [2.05, 4.69) is 50.1 Å². The van der Waals surface area contributed by atoms with E-state index in [1.807, 2.05) is 18.2 Å². The normalized spacial score (nSPS) is 14.9. The van der Waals surface area contributed by atoms with Gasteiger partial charge < -0.3 is 4.74 Å². The summed E-state index contributed by atoms with van der Waals surface area (Å²) in [6, 6.07) is 12.4. The Hall–Kier alpha value is -0.800. The van der Waals surface area contributed by atoms with Crippen molar-refractivity contribution in [1.29, 1.82) is 0 Å². The summed E-state index contributed by atoms with van der Waals surface area (Å²) in [5.41, 5.74) is 1.14. The molecule has 80 valence electrons. The first-order chi connectivity index (χ1) is 7.77. The highest BCUT2D eigenvalue weighted by molar-refractivity contribution is 9.16. The smallest absolute Gasteiger partial charge is 0.128 e. The predicted molar refractivity (Wildman–Crippen MR) is 74.2 cm³/mol. The maximum Gasteiger partial charge on any atom is 0.128 e. The number of ether oxygens (including phenoxy) is 1. The summed E-state index contributed by atoms with van der Waals surface area (Å²) in [5, 5.41) is 2.44. The summed E-state index contributed by atoms with van der Waals surface area (Å²) in [7, 11) is 0. The highest BCUT2D eigenvalue weighted by Gasteiger charge is 2.19. The maximum absolute atomic E-state index is 5.68. The Morgan fingerprint density at radius 1 is 1.00 bits per heavy atom. The van der Waals surface area contributed by atoms with Gasteiger partial charge in [0.25, 0.3) is 0 Å². The second kappa shape index (κ2) is 3.90. The molecule has 16 heavy (non-hydrogen) atoms. The molecule has 0 atom stereocenters. The van der Waals surface area contributed by atoms with Gasteiger partial charge in [-0.1, -0.05) is 46.3 Å². The third-order valence-electron chi connectivity index (χ3n) is 2.70. The fourth-order valence-electron chi connectivity index (χ4n) is 1.94. The summed E-state index contributed by atoms with van der Waals surface area (Å²) >= 11 is 7.14. The van der Waals surface area contributed by atoms with Crippen molar-refractivity contribution < 1.29 is 4.74 Å². The molecule has 3 rings (SSSR count). The highest BCUT2D eigenvalue weighted by atomic mass is 79.9. The molecule has 3 heteroatoms. The maximum atomic E-state index is 5.68. The molecule has 0 aliphatic carbocycles. The molecule has 0 amide bonds. The zero-order valence-electron chi connectivity index (χ0n) is 8.34. The molecule has 2 aromatic carbocycles. The van der Waals surface area contributed by atoms with Gasteiger partial charge in [-0.3, -0.25) is 0 Å². The van der Waals surface area contributed by atoms with Crippen LogP contribution in [0.1, 0.15) is 5.56 Å². The Morgan fingerprint density at radius 3 is 2.69 bits per heavy atom. The molecule has 1 nitrogen and oxygen atoms in total. The van der Waals surface area contributed by atoms with Crippen molar-refractivity contribution in [1.82, 2.24) is 0 Å². The molecule has 1 heterocycles. The van der Waals surface area contributed by atoms with E-state index in [1.165, 1.54) is 10.8 Å². The number of hydrogen-bond acceptors (Lipinski definition) is 1. The minimum Gasteiger partial charge on any atom is -0.488 e. The molecule has 1 aliphatic heterocycles. The first-order valence-corrected chi connectivity index (χ1v) is 6.55. The van der Waals surface area contributed by atoms with Crippen molar-refractivity contribution in [2.24, 2.45) is 0 Å². The molecule has 0 aromatic heterocycles. The quantitative estimate of drug-likeness (QED) is 0.676. The van der Waals surface area contributed by atoms with Gasteiger partial charge in [-0.25, -0.2) is 0 Å². The van der Waals surface area contributed by atoms with Crippen molar-refractivity contribution in [2.45, 2.75) is 0 Å². The highest BCUT2D eigenvalue weighted by Crippen LogP contribution is 2.42. The lowest BCUT2D eigenvalue weighted by atomic mass is 10.0. The van der Waals surface area contributed by atoms with Gasteiger partial charge in [0.2, 0.25) is 0 Å². The van der Waals surface area contributed by atoms with Gasteiger partial charge >= 0.3 is 0 Å². The van der Waals surface area contributed by atoms with Crippen LogP contribution >= 0.6 is 31.9 Å². The van der Waals surface area contributed by atoms with E-state index >= 15 is 0 Å². The van der Waals surface area contributed by atoms with E-state index in [9.17, 15) is 0 Å². The van der Waals surface area contributed by atoms with E-state index in [4.69, 9.17) is 4.74 Å². The van der Waals surface area contributed by atoms with Crippen molar-refractivity contribution in [3.8, 4) is 5.75 Å². The molecular weight excluding hydrogens is 332 g/mol. The van der Waals surface area contributed by atoms with E-state index in [-0.39, 0.29) is 0 Å². The van der Waals surface area contributed by atoms with Gasteiger partial charge in [-0.2, -0.15) is 0 Å². The fraction of sp³-hybridized carbons (Fsp3) is 0.0769. The minimum atomic E-state index is 0.589. The SMILES string of the molecule is BrC1=C(Br)c2c(ccc3ccccc23)OC1. The van der Waals surface area contributed by atoms with Crippen LogP contribution in [0, 0.1) is 0 Å². The minimum absolute atomic E-state index is 0.589. The fourth-order valence-corrected chi connectivity index (χ4v) is 2.77. The van der Waals surface area contributed by atoms with Gasteiger partial charge in [0.05, 0.1) is 0 Å². The average Bonchev–Trinajstić information content (AvgIpc) is 2.33. The van der Waals surface area contributed by atoms with Crippen LogP contribution in [-0.2, 0) is 0 Å². The Kier molecular flexibility index (Phi) is 2.52. The Balaban J connectivity index is 2.43. The zero-order valence-corrected chi connectivity index (χ0v) is 11.5. The predicted octanol–water partition coefficient (Wildman–Crippen LogP) is 4.69. The molecule has 0 saturated heterocycles. The van der Waals surface area contributed by atoms with Crippen LogP contribution < -0.4 is 4.74 Å². The third kappa shape index (κ3) is 1.50. The van der Waals surface area contributed by atoms with Gasteiger partial charge in [0, 0.05) is 14.5 Å². The molecule has 2 aromatic rings. The number of fused-ring (bicyclic) bond motifs is 3. The van der Waals surface area contributed by atoms with Gasteiger partial charge in [0.15, 0.2) is 0 Å². The second-order valence-electron chi connectivity index (χ2n) is 3.67. The molecule has 0 bridgehead atoms. The van der Waals surface area contributed by atoms with Crippen LogP contribution in [0.15, 0.2) is 40.9 Å². The lowest BCUT2D eigenvalue weighted by molar-refractivity contribution is 0.356. The Morgan fingerprint density at radius 2 is 1.81 bits per heavy atom. The first-order valence-electron chi connectivity index (χ1n) is 4.96. The number of rotatable bonds is 0. The van der Waals surface area contributed by atoms with Gasteiger partial charge in [0.1, 0.15) is 12.4 Å². The topological polar surface area (TPSA) is 9.23 Å². The summed E-state index contributed by atoms with van der Waals surface area (Å²) < 4.78 is 7.82. The third-order valence-corrected chi connectivity index (χ3v) is 4.74. The Bertz CT molecular complexity index is 602. The molecule has 0 radical (unpaired) electrons. The largest absolute Gasteiger partial charge is 0.488 e. The van der Waals surface area contributed by atoms with Crippen LogP contribution in [0.5, 0.6) is 5.75 Å². The molecule has 0 N–H and O–H groups in total. The standard InChI is InChI=1S/C13H8Br2O/c14-10-7-16-11-6-5-8-3-1-2-4-9(8)12(11)13(10)15/h1-6H,7H2.